The fourth-order valence-electron chi connectivity index (χ4n) is 3.45. The second-order valence-electron chi connectivity index (χ2n) is 7.51. The van der Waals surface area contributed by atoms with E-state index < -0.39 is 5.92 Å². The van der Waals surface area contributed by atoms with E-state index in [-0.39, 0.29) is 37.2 Å². The Morgan fingerprint density at radius 1 is 1.03 bits per heavy atom. The number of nitrogens with zero attached hydrogens (tertiary/aromatic N) is 1. The van der Waals surface area contributed by atoms with Crippen LogP contribution in [0.15, 0.2) is 66.7 Å². The van der Waals surface area contributed by atoms with E-state index in [1.807, 2.05) is 0 Å². The Bertz CT molecular complexity index is 1140. The Morgan fingerprint density at radius 3 is 2.36 bits per heavy atom. The van der Waals surface area contributed by atoms with Crippen LogP contribution >= 0.6 is 23.2 Å². The second kappa shape index (κ2) is 10.1. The highest BCUT2D eigenvalue weighted by atomic mass is 35.5. The lowest BCUT2D eigenvalue weighted by atomic mass is 10.1. The molecule has 1 fully saturated rings. The molecular weight excluding hydrogens is 468 g/mol. The van der Waals surface area contributed by atoms with Gasteiger partial charge in [0.1, 0.15) is 18.2 Å². The minimum absolute atomic E-state index is 0.0856. The highest BCUT2D eigenvalue weighted by Gasteiger charge is 2.35. The van der Waals surface area contributed by atoms with Crippen LogP contribution in [-0.2, 0) is 16.2 Å². The summed E-state index contributed by atoms with van der Waals surface area (Å²) in [6.07, 6.45) is 0.0856. The summed E-state index contributed by atoms with van der Waals surface area (Å²) in [7, 11) is 0. The summed E-state index contributed by atoms with van der Waals surface area (Å²) in [5, 5.41) is 1.07. The zero-order valence-corrected chi connectivity index (χ0v) is 18.9. The van der Waals surface area contributed by atoms with Crippen LogP contribution < -0.4 is 20.5 Å². The Morgan fingerprint density at radius 2 is 1.70 bits per heavy atom. The maximum Gasteiger partial charge on any atom is 0.243 e. The van der Waals surface area contributed by atoms with E-state index in [2.05, 4.69) is 10.9 Å². The first-order valence-corrected chi connectivity index (χ1v) is 10.9. The van der Waals surface area contributed by atoms with Gasteiger partial charge in [-0.2, -0.15) is 0 Å². The molecule has 4 rings (SSSR count). The lowest BCUT2D eigenvalue weighted by molar-refractivity contribution is -0.125. The summed E-state index contributed by atoms with van der Waals surface area (Å²) >= 11 is 12.3. The number of hydrogen-bond donors (Lipinski definition) is 2. The summed E-state index contributed by atoms with van der Waals surface area (Å²) in [5.74, 6) is -0.770. The Balaban J connectivity index is 1.28. The number of benzene rings is 3. The largest absolute Gasteiger partial charge is 0.489 e. The van der Waals surface area contributed by atoms with Crippen molar-refractivity contribution >= 4 is 46.4 Å². The quantitative estimate of drug-likeness (QED) is 0.449. The van der Waals surface area contributed by atoms with Gasteiger partial charge in [-0.25, -0.2) is 4.39 Å². The normalized spacial score (nSPS) is 15.4. The SMILES string of the molecule is O=C(NNc1ccc(OCc2c(Cl)cccc2Cl)cc1)[C@@H]1CC(=O)N(c2ccc(F)cc2)C1. The van der Waals surface area contributed by atoms with Crippen molar-refractivity contribution in [2.75, 3.05) is 16.9 Å². The van der Waals surface area contributed by atoms with Crippen LogP contribution in [0.3, 0.4) is 0 Å². The third kappa shape index (κ3) is 5.56. The maximum absolute atomic E-state index is 13.1. The molecule has 0 aliphatic carbocycles. The number of carbonyl (C=O) groups is 2. The molecule has 3 aromatic carbocycles. The number of halogens is 3. The van der Waals surface area contributed by atoms with Crippen LogP contribution in [0.4, 0.5) is 15.8 Å². The van der Waals surface area contributed by atoms with E-state index >= 15 is 0 Å². The topological polar surface area (TPSA) is 70.7 Å². The van der Waals surface area contributed by atoms with Crippen LogP contribution in [0.25, 0.3) is 0 Å². The fraction of sp³-hybridized carbons (Fsp3) is 0.167. The van der Waals surface area contributed by atoms with Crippen LogP contribution in [-0.4, -0.2) is 18.4 Å². The maximum atomic E-state index is 13.1. The van der Waals surface area contributed by atoms with E-state index in [0.29, 0.717) is 32.7 Å². The van der Waals surface area contributed by atoms with E-state index in [9.17, 15) is 14.0 Å². The summed E-state index contributed by atoms with van der Waals surface area (Å²) in [6, 6.07) is 17.9. The summed E-state index contributed by atoms with van der Waals surface area (Å²) < 4.78 is 18.9. The van der Waals surface area contributed by atoms with E-state index in [1.165, 1.54) is 29.2 Å². The van der Waals surface area contributed by atoms with Crippen molar-refractivity contribution in [2.24, 2.45) is 5.92 Å². The van der Waals surface area contributed by atoms with Gasteiger partial charge < -0.3 is 9.64 Å². The van der Waals surface area contributed by atoms with Crippen LogP contribution in [0.5, 0.6) is 5.75 Å². The molecule has 1 atom stereocenters. The molecule has 0 spiro atoms. The molecule has 0 unspecified atom stereocenters. The summed E-state index contributed by atoms with van der Waals surface area (Å²) in [5.41, 5.74) is 7.39. The highest BCUT2D eigenvalue weighted by molar-refractivity contribution is 6.35. The number of anilines is 2. The van der Waals surface area contributed by atoms with Crippen molar-refractivity contribution in [3.05, 3.63) is 88.2 Å². The van der Waals surface area contributed by atoms with Gasteiger partial charge in [-0.15, -0.1) is 0 Å². The second-order valence-corrected chi connectivity index (χ2v) is 8.32. The van der Waals surface area contributed by atoms with Gasteiger partial charge in [0.2, 0.25) is 11.8 Å². The van der Waals surface area contributed by atoms with Crippen LogP contribution in [0, 0.1) is 11.7 Å². The average molecular weight is 488 g/mol. The van der Waals surface area contributed by atoms with Gasteiger partial charge in [0, 0.05) is 34.3 Å². The van der Waals surface area contributed by atoms with Crippen molar-refractivity contribution in [3.63, 3.8) is 0 Å². The number of hydrogen-bond acceptors (Lipinski definition) is 4. The minimum atomic E-state index is -0.516. The van der Waals surface area contributed by atoms with Gasteiger partial charge >= 0.3 is 0 Å². The number of ether oxygens (including phenoxy) is 1. The highest BCUT2D eigenvalue weighted by Crippen LogP contribution is 2.27. The van der Waals surface area contributed by atoms with E-state index in [1.54, 1.807) is 42.5 Å². The molecule has 0 radical (unpaired) electrons. The first-order chi connectivity index (χ1) is 15.9. The lowest BCUT2D eigenvalue weighted by Gasteiger charge is -2.17. The Kier molecular flexibility index (Phi) is 7.01. The molecule has 170 valence electrons. The van der Waals surface area contributed by atoms with E-state index in [4.69, 9.17) is 27.9 Å². The zero-order chi connectivity index (χ0) is 23.4. The lowest BCUT2D eigenvalue weighted by Crippen LogP contribution is -2.36. The Hall–Kier alpha value is -3.29. The van der Waals surface area contributed by atoms with Gasteiger partial charge in [-0.3, -0.25) is 20.4 Å². The van der Waals surface area contributed by atoms with Crippen molar-refractivity contribution in [2.45, 2.75) is 13.0 Å². The molecule has 3 aromatic rings. The molecule has 2 N–H and O–H groups in total. The van der Waals surface area contributed by atoms with Crippen LogP contribution in [0.2, 0.25) is 10.0 Å². The van der Waals surface area contributed by atoms with Gasteiger partial charge in [-0.05, 0) is 60.7 Å². The third-order valence-electron chi connectivity index (χ3n) is 5.26. The van der Waals surface area contributed by atoms with Crippen LogP contribution in [0.1, 0.15) is 12.0 Å². The monoisotopic (exact) mass is 487 g/mol. The van der Waals surface area contributed by atoms with Crippen molar-refractivity contribution < 1.29 is 18.7 Å². The third-order valence-corrected chi connectivity index (χ3v) is 5.97. The molecule has 1 saturated heterocycles. The molecule has 0 bridgehead atoms. The predicted molar refractivity (Wildman–Crippen MR) is 126 cm³/mol. The van der Waals surface area contributed by atoms with Gasteiger partial charge in [0.25, 0.3) is 0 Å². The molecular formula is C24H20Cl2FN3O3. The molecule has 1 heterocycles. The van der Waals surface area contributed by atoms with Gasteiger partial charge in [0.05, 0.1) is 11.6 Å². The fourth-order valence-corrected chi connectivity index (χ4v) is 3.96. The average Bonchev–Trinajstić information content (AvgIpc) is 3.20. The van der Waals surface area contributed by atoms with Gasteiger partial charge in [-0.1, -0.05) is 29.3 Å². The van der Waals surface area contributed by atoms with Gasteiger partial charge in [0.15, 0.2) is 0 Å². The Labute approximate surface area is 200 Å². The number of hydrazine groups is 1. The summed E-state index contributed by atoms with van der Waals surface area (Å²) in [4.78, 5) is 26.3. The molecule has 0 saturated carbocycles. The molecule has 1 aliphatic heterocycles. The van der Waals surface area contributed by atoms with E-state index in [0.717, 1.165) is 0 Å². The molecule has 1 aliphatic rings. The van der Waals surface area contributed by atoms with Crippen molar-refractivity contribution in [1.82, 2.24) is 5.43 Å². The predicted octanol–water partition coefficient (Wildman–Crippen LogP) is 5.21. The number of carbonyl (C=O) groups excluding carboxylic acids is 2. The zero-order valence-electron chi connectivity index (χ0n) is 17.4. The summed E-state index contributed by atoms with van der Waals surface area (Å²) in [6.45, 7) is 0.456. The smallest absolute Gasteiger partial charge is 0.243 e. The molecule has 0 aromatic heterocycles. The number of rotatable bonds is 7. The molecule has 2 amide bonds. The number of amides is 2. The number of nitrogens with one attached hydrogen (secondary N) is 2. The first kappa shape index (κ1) is 22.9. The molecule has 9 heteroatoms. The first-order valence-electron chi connectivity index (χ1n) is 10.2. The standard InChI is InChI=1S/C24H20Cl2FN3O3/c25-21-2-1-3-22(26)20(21)14-33-19-10-6-17(7-11-19)28-29-24(32)15-12-23(31)30(13-15)18-8-4-16(27)5-9-18/h1-11,15,28H,12-14H2,(H,29,32)/t15-/m1/s1. The van der Waals surface area contributed by atoms with Crippen molar-refractivity contribution in [3.8, 4) is 5.75 Å². The van der Waals surface area contributed by atoms with Crippen molar-refractivity contribution in [1.29, 1.82) is 0 Å². The molecule has 6 nitrogen and oxygen atoms in total. The molecule has 33 heavy (non-hydrogen) atoms. The minimum Gasteiger partial charge on any atom is -0.489 e.